The van der Waals surface area contributed by atoms with Crippen LogP contribution in [-0.4, -0.2) is 50.2 Å². The van der Waals surface area contributed by atoms with Gasteiger partial charge in [-0.15, -0.1) is 0 Å². The molecule has 1 rings (SSSR count). The van der Waals surface area contributed by atoms with Crippen molar-refractivity contribution in [3.8, 4) is 11.5 Å². The zero-order valence-electron chi connectivity index (χ0n) is 25.3. The second kappa shape index (κ2) is 14.4. The number of esters is 4. The lowest BCUT2D eigenvalue weighted by Gasteiger charge is -2.24. The number of carbonyl (C=O) groups is 4. The molecule has 9 nitrogen and oxygen atoms in total. The van der Waals surface area contributed by atoms with Gasteiger partial charge in [-0.05, 0) is 84.9 Å². The number of methoxy groups -OCH3 is 1. The molecule has 0 spiro atoms. The summed E-state index contributed by atoms with van der Waals surface area (Å²) in [7, 11) is 1.29. The molecule has 0 aliphatic carbocycles. The van der Waals surface area contributed by atoms with E-state index < -0.39 is 40.2 Å². The first-order chi connectivity index (χ1) is 18.0. The number of nitrogens with one attached hydrogen (secondary N) is 1. The predicted molar refractivity (Wildman–Crippen MR) is 148 cm³/mol. The SMILES string of the molecule is CCC(C)(C)C(=O)OCCN[C@@H](Cc1ccc(OC(=O)C(C)(C)CC)c(OC(=O)C(C)(C)CC)c1)C(=O)OC. The molecule has 0 fully saturated rings. The molecule has 0 heterocycles. The van der Waals surface area contributed by atoms with Crippen molar-refractivity contribution in [2.45, 2.75) is 94.0 Å². The van der Waals surface area contributed by atoms with Crippen LogP contribution in [0.5, 0.6) is 11.5 Å². The largest absolute Gasteiger partial charge is 0.468 e. The highest BCUT2D eigenvalue weighted by Crippen LogP contribution is 2.34. The van der Waals surface area contributed by atoms with E-state index in [2.05, 4.69) is 5.32 Å². The molecule has 0 radical (unpaired) electrons. The first kappa shape index (κ1) is 34.1. The molecular formula is C30H47NO8. The lowest BCUT2D eigenvalue weighted by molar-refractivity contribution is -0.154. The molecule has 0 aliphatic rings. The Morgan fingerprint density at radius 2 is 1.26 bits per heavy atom. The first-order valence-corrected chi connectivity index (χ1v) is 13.6. The van der Waals surface area contributed by atoms with Crippen molar-refractivity contribution in [1.29, 1.82) is 0 Å². The number of rotatable bonds is 15. The van der Waals surface area contributed by atoms with Gasteiger partial charge in [-0.25, -0.2) is 0 Å². The minimum Gasteiger partial charge on any atom is -0.468 e. The molecule has 1 aromatic rings. The number of ether oxygens (including phenoxy) is 4. The zero-order chi connectivity index (χ0) is 30.0. The van der Waals surface area contributed by atoms with E-state index in [-0.39, 0.29) is 37.0 Å². The third-order valence-electron chi connectivity index (χ3n) is 7.37. The Hall–Kier alpha value is -2.94. The number of benzene rings is 1. The highest BCUT2D eigenvalue weighted by Gasteiger charge is 2.32. The Balaban J connectivity index is 3.16. The Bertz CT molecular complexity index is 1010. The Morgan fingerprint density at radius 3 is 1.74 bits per heavy atom. The third kappa shape index (κ3) is 9.95. The highest BCUT2D eigenvalue weighted by molar-refractivity contribution is 5.82. The maximum absolute atomic E-state index is 12.9. The van der Waals surface area contributed by atoms with Crippen molar-refractivity contribution < 1.29 is 38.1 Å². The van der Waals surface area contributed by atoms with Gasteiger partial charge < -0.3 is 24.3 Å². The number of hydrogen-bond acceptors (Lipinski definition) is 9. The summed E-state index contributed by atoms with van der Waals surface area (Å²) in [5.41, 5.74) is -1.41. The molecule has 1 atom stereocenters. The fourth-order valence-corrected chi connectivity index (χ4v) is 2.94. The predicted octanol–water partition coefficient (Wildman–Crippen LogP) is 5.02. The average molecular weight is 550 g/mol. The quantitative estimate of drug-likeness (QED) is 0.183. The summed E-state index contributed by atoms with van der Waals surface area (Å²) >= 11 is 0. The summed E-state index contributed by atoms with van der Waals surface area (Å²) in [6.07, 6.45) is 1.96. The third-order valence-corrected chi connectivity index (χ3v) is 7.37. The van der Waals surface area contributed by atoms with Crippen LogP contribution in [0.4, 0.5) is 0 Å². The normalized spacial score (nSPS) is 12.9. The van der Waals surface area contributed by atoms with Crippen molar-refractivity contribution in [3.05, 3.63) is 23.8 Å². The summed E-state index contributed by atoms with van der Waals surface area (Å²) in [6, 6.07) is 4.09. The fraction of sp³-hybridized carbons (Fsp3) is 0.667. The van der Waals surface area contributed by atoms with Gasteiger partial charge in [-0.2, -0.15) is 0 Å². The topological polar surface area (TPSA) is 117 Å². The van der Waals surface area contributed by atoms with Gasteiger partial charge in [-0.1, -0.05) is 26.8 Å². The first-order valence-electron chi connectivity index (χ1n) is 13.6. The van der Waals surface area contributed by atoms with Crippen LogP contribution in [0.25, 0.3) is 0 Å². The summed E-state index contributed by atoms with van der Waals surface area (Å²) in [4.78, 5) is 50.3. The van der Waals surface area contributed by atoms with Crippen LogP contribution in [-0.2, 0) is 35.1 Å². The van der Waals surface area contributed by atoms with Gasteiger partial charge >= 0.3 is 23.9 Å². The lowest BCUT2D eigenvalue weighted by atomic mass is 9.90. The van der Waals surface area contributed by atoms with Gasteiger partial charge in [0.15, 0.2) is 11.5 Å². The van der Waals surface area contributed by atoms with Crippen molar-refractivity contribution in [3.63, 3.8) is 0 Å². The molecule has 0 aromatic heterocycles. The number of hydrogen-bond donors (Lipinski definition) is 1. The van der Waals surface area contributed by atoms with Crippen LogP contribution in [0.3, 0.4) is 0 Å². The van der Waals surface area contributed by atoms with Crippen molar-refractivity contribution >= 4 is 23.9 Å². The molecule has 39 heavy (non-hydrogen) atoms. The number of carbonyl (C=O) groups excluding carboxylic acids is 4. The summed E-state index contributed by atoms with van der Waals surface area (Å²) < 4.78 is 21.7. The standard InChI is InChI=1S/C30H47NO8/c1-11-28(4,5)25(33)37-17-16-31-21(24(32)36-10)18-20-14-15-22(38-26(34)29(6,7)12-2)23(19-20)39-27(35)30(8,9)13-3/h14-15,19,21,31H,11-13,16-18H2,1-10H3/t21-/m0/s1. The van der Waals surface area contributed by atoms with Crippen molar-refractivity contribution in [2.24, 2.45) is 16.2 Å². The molecule has 220 valence electrons. The molecule has 0 bridgehead atoms. The maximum atomic E-state index is 12.9. The van der Waals surface area contributed by atoms with Gasteiger partial charge in [0.2, 0.25) is 0 Å². The van der Waals surface area contributed by atoms with E-state index in [1.165, 1.54) is 7.11 Å². The molecule has 1 N–H and O–H groups in total. The zero-order valence-corrected chi connectivity index (χ0v) is 25.3. The monoisotopic (exact) mass is 549 g/mol. The molecule has 0 saturated carbocycles. The van der Waals surface area contributed by atoms with Gasteiger partial charge in [0.25, 0.3) is 0 Å². The minimum atomic E-state index is -0.754. The van der Waals surface area contributed by atoms with Gasteiger partial charge in [0, 0.05) is 6.54 Å². The van der Waals surface area contributed by atoms with E-state index in [1.54, 1.807) is 45.9 Å². The molecule has 0 unspecified atom stereocenters. The van der Waals surface area contributed by atoms with Gasteiger partial charge in [0.1, 0.15) is 12.6 Å². The van der Waals surface area contributed by atoms with E-state index in [0.717, 1.165) is 0 Å². The highest BCUT2D eigenvalue weighted by atomic mass is 16.6. The second-order valence-corrected chi connectivity index (χ2v) is 11.6. The van der Waals surface area contributed by atoms with Crippen LogP contribution < -0.4 is 14.8 Å². The Kier molecular flexibility index (Phi) is 12.6. The van der Waals surface area contributed by atoms with E-state index in [4.69, 9.17) is 18.9 Å². The van der Waals surface area contributed by atoms with Crippen molar-refractivity contribution in [2.75, 3.05) is 20.3 Å². The van der Waals surface area contributed by atoms with Crippen molar-refractivity contribution in [1.82, 2.24) is 5.32 Å². The smallest absolute Gasteiger partial charge is 0.323 e. The average Bonchev–Trinajstić information content (AvgIpc) is 2.90. The molecule has 0 aliphatic heterocycles. The lowest BCUT2D eigenvalue weighted by Crippen LogP contribution is -2.41. The summed E-state index contributed by atoms with van der Waals surface area (Å²) in [5.74, 6) is -1.49. The minimum absolute atomic E-state index is 0.0901. The van der Waals surface area contributed by atoms with E-state index in [1.807, 2.05) is 34.6 Å². The molecule has 1 aromatic carbocycles. The van der Waals surface area contributed by atoms with E-state index in [0.29, 0.717) is 24.8 Å². The second-order valence-electron chi connectivity index (χ2n) is 11.6. The van der Waals surface area contributed by atoms with Crippen LogP contribution in [0.1, 0.15) is 87.1 Å². The van der Waals surface area contributed by atoms with E-state index in [9.17, 15) is 19.2 Å². The van der Waals surface area contributed by atoms with E-state index >= 15 is 0 Å². The molecule has 9 heteroatoms. The maximum Gasteiger partial charge on any atom is 0.323 e. The van der Waals surface area contributed by atoms with Gasteiger partial charge in [-0.3, -0.25) is 19.2 Å². The summed E-state index contributed by atoms with van der Waals surface area (Å²) in [5, 5.41) is 3.07. The van der Waals surface area contributed by atoms with Crippen LogP contribution in [0.15, 0.2) is 18.2 Å². The molecular weight excluding hydrogens is 502 g/mol. The van der Waals surface area contributed by atoms with Crippen LogP contribution in [0.2, 0.25) is 0 Å². The fourth-order valence-electron chi connectivity index (χ4n) is 2.94. The Labute approximate surface area is 233 Å². The summed E-state index contributed by atoms with van der Waals surface area (Å²) in [6.45, 7) is 16.8. The molecule has 0 saturated heterocycles. The van der Waals surface area contributed by atoms with Crippen LogP contribution in [0, 0.1) is 16.2 Å². The molecule has 0 amide bonds. The Morgan fingerprint density at radius 1 is 0.769 bits per heavy atom. The van der Waals surface area contributed by atoms with Gasteiger partial charge in [0.05, 0.1) is 23.4 Å². The van der Waals surface area contributed by atoms with Crippen LogP contribution >= 0.6 is 0 Å².